The zero-order valence-corrected chi connectivity index (χ0v) is 10.9. The number of hydrogen-bond donors (Lipinski definition) is 1. The molecule has 4 heteroatoms. The monoisotopic (exact) mass is 240 g/mol. The third-order valence-corrected chi connectivity index (χ3v) is 4.44. The first kappa shape index (κ1) is 12.8. The number of aliphatic carboxylic acids is 1. The Morgan fingerprint density at radius 3 is 2.35 bits per heavy atom. The fourth-order valence-electron chi connectivity index (χ4n) is 3.15. The molecule has 0 aromatic carbocycles. The maximum atomic E-state index is 10.9. The molecule has 3 atom stereocenters. The Morgan fingerprint density at radius 2 is 1.88 bits per heavy atom. The second-order valence-electron chi connectivity index (χ2n) is 5.66. The molecule has 0 aromatic rings. The summed E-state index contributed by atoms with van der Waals surface area (Å²) in [5, 5.41) is 8.99. The second-order valence-corrected chi connectivity index (χ2v) is 5.66. The number of hydrogen-bond acceptors (Lipinski definition) is 3. The maximum Gasteiger partial charge on any atom is 0.320 e. The molecule has 1 aliphatic heterocycles. The van der Waals surface area contributed by atoms with Crippen molar-refractivity contribution in [2.75, 3.05) is 26.2 Å². The van der Waals surface area contributed by atoms with Gasteiger partial charge >= 0.3 is 5.97 Å². The minimum absolute atomic E-state index is 0.334. The van der Waals surface area contributed by atoms with E-state index >= 15 is 0 Å². The van der Waals surface area contributed by atoms with Gasteiger partial charge in [-0.3, -0.25) is 14.6 Å². The van der Waals surface area contributed by atoms with E-state index in [9.17, 15) is 4.79 Å². The third kappa shape index (κ3) is 2.99. The molecule has 1 aliphatic carbocycles. The Kier molecular flexibility index (Phi) is 4.05. The predicted molar refractivity (Wildman–Crippen MR) is 67.0 cm³/mol. The van der Waals surface area contributed by atoms with Gasteiger partial charge in [0, 0.05) is 32.2 Å². The van der Waals surface area contributed by atoms with Crippen LogP contribution in [0.15, 0.2) is 0 Å². The zero-order chi connectivity index (χ0) is 12.4. The van der Waals surface area contributed by atoms with Crippen LogP contribution in [0.1, 0.15) is 33.1 Å². The Hall–Kier alpha value is -0.610. The minimum atomic E-state index is -0.701. The van der Waals surface area contributed by atoms with Crippen molar-refractivity contribution in [3.63, 3.8) is 0 Å². The van der Waals surface area contributed by atoms with Crippen LogP contribution in [0.5, 0.6) is 0 Å². The van der Waals surface area contributed by atoms with E-state index in [1.54, 1.807) is 6.92 Å². The SMILES string of the molecule is CC1CCC(N2CCN(C(C)C(=O)O)CC2)C1. The van der Waals surface area contributed by atoms with Crippen LogP contribution in [-0.2, 0) is 4.79 Å². The average Bonchev–Trinajstić information content (AvgIpc) is 2.75. The van der Waals surface area contributed by atoms with Gasteiger partial charge in [-0.15, -0.1) is 0 Å². The average molecular weight is 240 g/mol. The molecule has 0 spiro atoms. The predicted octanol–water partition coefficient (Wildman–Crippen LogP) is 1.27. The number of carbonyl (C=O) groups is 1. The summed E-state index contributed by atoms with van der Waals surface area (Å²) in [5.41, 5.74) is 0. The maximum absolute atomic E-state index is 10.9. The molecule has 0 bridgehead atoms. The highest BCUT2D eigenvalue weighted by molar-refractivity contribution is 5.72. The summed E-state index contributed by atoms with van der Waals surface area (Å²) in [4.78, 5) is 15.6. The Balaban J connectivity index is 1.80. The molecule has 1 saturated carbocycles. The highest BCUT2D eigenvalue weighted by atomic mass is 16.4. The van der Waals surface area contributed by atoms with Gasteiger partial charge in [0.25, 0.3) is 0 Å². The van der Waals surface area contributed by atoms with Crippen molar-refractivity contribution in [1.29, 1.82) is 0 Å². The van der Waals surface area contributed by atoms with Gasteiger partial charge in [0.05, 0.1) is 0 Å². The first-order valence-electron chi connectivity index (χ1n) is 6.79. The molecular weight excluding hydrogens is 216 g/mol. The Labute approximate surface area is 104 Å². The van der Waals surface area contributed by atoms with Gasteiger partial charge in [-0.25, -0.2) is 0 Å². The molecule has 0 radical (unpaired) electrons. The minimum Gasteiger partial charge on any atom is -0.480 e. The number of carboxylic acids is 1. The molecule has 0 aromatic heterocycles. The zero-order valence-electron chi connectivity index (χ0n) is 10.9. The van der Waals surface area contributed by atoms with Crippen LogP contribution in [0.25, 0.3) is 0 Å². The van der Waals surface area contributed by atoms with Crippen LogP contribution in [-0.4, -0.2) is 59.1 Å². The lowest BCUT2D eigenvalue weighted by Crippen LogP contribution is -2.53. The van der Waals surface area contributed by atoms with Crippen LogP contribution >= 0.6 is 0 Å². The van der Waals surface area contributed by atoms with Crippen LogP contribution in [0.4, 0.5) is 0 Å². The van der Waals surface area contributed by atoms with Gasteiger partial charge in [-0.05, 0) is 32.1 Å². The lowest BCUT2D eigenvalue weighted by atomic mass is 10.1. The van der Waals surface area contributed by atoms with Crippen molar-refractivity contribution in [3.8, 4) is 0 Å². The van der Waals surface area contributed by atoms with Gasteiger partial charge in [-0.1, -0.05) is 6.92 Å². The van der Waals surface area contributed by atoms with Crippen molar-refractivity contribution in [2.45, 2.75) is 45.2 Å². The topological polar surface area (TPSA) is 43.8 Å². The molecule has 2 aliphatic rings. The first-order valence-corrected chi connectivity index (χ1v) is 6.79. The van der Waals surface area contributed by atoms with E-state index in [1.165, 1.54) is 19.3 Å². The van der Waals surface area contributed by atoms with Crippen molar-refractivity contribution in [3.05, 3.63) is 0 Å². The summed E-state index contributed by atoms with van der Waals surface area (Å²) in [6.07, 6.45) is 4.01. The summed E-state index contributed by atoms with van der Waals surface area (Å²) in [6.45, 7) is 8.00. The van der Waals surface area contributed by atoms with Gasteiger partial charge in [0.2, 0.25) is 0 Å². The molecular formula is C13H24N2O2. The van der Waals surface area contributed by atoms with E-state index in [-0.39, 0.29) is 6.04 Å². The van der Waals surface area contributed by atoms with Crippen LogP contribution in [0, 0.1) is 5.92 Å². The second kappa shape index (κ2) is 5.36. The summed E-state index contributed by atoms with van der Waals surface area (Å²) < 4.78 is 0. The Bertz CT molecular complexity index is 275. The summed E-state index contributed by atoms with van der Waals surface area (Å²) >= 11 is 0. The van der Waals surface area contributed by atoms with E-state index < -0.39 is 5.97 Å². The van der Waals surface area contributed by atoms with E-state index in [4.69, 9.17) is 5.11 Å². The summed E-state index contributed by atoms with van der Waals surface area (Å²) in [6, 6.07) is 0.423. The fraction of sp³-hybridized carbons (Fsp3) is 0.923. The molecule has 2 rings (SSSR count). The van der Waals surface area contributed by atoms with Crippen molar-refractivity contribution in [1.82, 2.24) is 9.80 Å². The number of piperazine rings is 1. The number of rotatable bonds is 3. The van der Waals surface area contributed by atoms with Gasteiger partial charge in [0.15, 0.2) is 0 Å². The van der Waals surface area contributed by atoms with Crippen LogP contribution < -0.4 is 0 Å². The normalized spacial score (nSPS) is 33.8. The molecule has 4 nitrogen and oxygen atoms in total. The van der Waals surface area contributed by atoms with E-state index in [0.717, 1.165) is 38.1 Å². The highest BCUT2D eigenvalue weighted by Crippen LogP contribution is 2.29. The van der Waals surface area contributed by atoms with E-state index in [1.807, 2.05) is 0 Å². The largest absolute Gasteiger partial charge is 0.480 e. The Morgan fingerprint density at radius 1 is 1.24 bits per heavy atom. The van der Waals surface area contributed by atoms with Gasteiger partial charge < -0.3 is 5.11 Å². The van der Waals surface area contributed by atoms with E-state index in [0.29, 0.717) is 0 Å². The molecule has 98 valence electrons. The highest BCUT2D eigenvalue weighted by Gasteiger charge is 2.31. The third-order valence-electron chi connectivity index (χ3n) is 4.44. The van der Waals surface area contributed by atoms with Crippen LogP contribution in [0.2, 0.25) is 0 Å². The molecule has 17 heavy (non-hydrogen) atoms. The smallest absolute Gasteiger partial charge is 0.320 e. The van der Waals surface area contributed by atoms with Crippen molar-refractivity contribution < 1.29 is 9.90 Å². The van der Waals surface area contributed by atoms with Gasteiger partial charge in [-0.2, -0.15) is 0 Å². The molecule has 1 N–H and O–H groups in total. The van der Waals surface area contributed by atoms with Gasteiger partial charge in [0.1, 0.15) is 6.04 Å². The molecule has 3 unspecified atom stereocenters. The molecule has 0 amide bonds. The molecule has 1 heterocycles. The van der Waals surface area contributed by atoms with E-state index in [2.05, 4.69) is 16.7 Å². The van der Waals surface area contributed by atoms with Crippen molar-refractivity contribution >= 4 is 5.97 Å². The summed E-state index contributed by atoms with van der Waals surface area (Å²) in [5.74, 6) is 0.170. The quantitative estimate of drug-likeness (QED) is 0.806. The number of nitrogens with zero attached hydrogens (tertiary/aromatic N) is 2. The van der Waals surface area contributed by atoms with Crippen molar-refractivity contribution in [2.24, 2.45) is 5.92 Å². The summed E-state index contributed by atoms with van der Waals surface area (Å²) in [7, 11) is 0. The van der Waals surface area contributed by atoms with Crippen LogP contribution in [0.3, 0.4) is 0 Å². The molecule has 2 fully saturated rings. The molecule has 1 saturated heterocycles. The first-order chi connectivity index (χ1) is 8.08. The number of carboxylic acid groups (broad SMARTS) is 1. The fourth-order valence-corrected chi connectivity index (χ4v) is 3.15. The lowest BCUT2D eigenvalue weighted by Gasteiger charge is -2.39. The standard InChI is InChI=1S/C13H24N2O2/c1-10-3-4-12(9-10)15-7-5-14(6-8-15)11(2)13(16)17/h10-12H,3-9H2,1-2H3,(H,16,17). The lowest BCUT2D eigenvalue weighted by molar-refractivity contribution is -0.143.